The summed E-state index contributed by atoms with van der Waals surface area (Å²) in [5, 5.41) is 16.7. The van der Waals surface area contributed by atoms with Crippen molar-refractivity contribution < 1.29 is 5.11 Å². The molecule has 2 nitrogen and oxygen atoms in total. The molecule has 0 aliphatic carbocycles. The van der Waals surface area contributed by atoms with Crippen molar-refractivity contribution in [3.63, 3.8) is 0 Å². The SMILES string of the molecule is C[C@H](N[C@@H](c1ccc(Br)cc1)c1c(O)ccc2ccccc12)c1ccccc1. The van der Waals surface area contributed by atoms with Crippen molar-refractivity contribution in [3.05, 3.63) is 112 Å². The molecule has 4 aromatic rings. The lowest BCUT2D eigenvalue weighted by Gasteiger charge is -2.26. The minimum atomic E-state index is -0.144. The van der Waals surface area contributed by atoms with Gasteiger partial charge in [0.2, 0.25) is 0 Å². The Hall–Kier alpha value is -2.62. The lowest BCUT2D eigenvalue weighted by Crippen LogP contribution is -2.26. The number of fused-ring (bicyclic) bond motifs is 1. The molecule has 2 atom stereocenters. The van der Waals surface area contributed by atoms with Gasteiger partial charge in [0.1, 0.15) is 5.75 Å². The van der Waals surface area contributed by atoms with Gasteiger partial charge in [0.25, 0.3) is 0 Å². The number of benzene rings is 4. The van der Waals surface area contributed by atoms with Gasteiger partial charge in [0.15, 0.2) is 0 Å². The minimum absolute atomic E-state index is 0.119. The zero-order valence-electron chi connectivity index (χ0n) is 15.6. The summed E-state index contributed by atoms with van der Waals surface area (Å²) >= 11 is 3.52. The van der Waals surface area contributed by atoms with Gasteiger partial charge in [-0.2, -0.15) is 0 Å². The van der Waals surface area contributed by atoms with Crippen LogP contribution >= 0.6 is 15.9 Å². The van der Waals surface area contributed by atoms with Gasteiger partial charge in [0, 0.05) is 16.1 Å². The maximum Gasteiger partial charge on any atom is 0.121 e. The molecule has 4 rings (SSSR count). The van der Waals surface area contributed by atoms with Crippen LogP contribution in [0.2, 0.25) is 0 Å². The monoisotopic (exact) mass is 431 g/mol. The molecule has 0 saturated carbocycles. The lowest BCUT2D eigenvalue weighted by atomic mass is 9.91. The van der Waals surface area contributed by atoms with Crippen LogP contribution in [0.3, 0.4) is 0 Å². The van der Waals surface area contributed by atoms with E-state index in [0.29, 0.717) is 5.75 Å². The van der Waals surface area contributed by atoms with E-state index in [2.05, 4.69) is 76.7 Å². The van der Waals surface area contributed by atoms with E-state index in [1.807, 2.05) is 36.4 Å². The van der Waals surface area contributed by atoms with E-state index in [1.165, 1.54) is 5.56 Å². The Bertz CT molecular complexity index is 1080. The van der Waals surface area contributed by atoms with Crippen molar-refractivity contribution in [2.45, 2.75) is 19.0 Å². The number of halogens is 1. The number of rotatable bonds is 5. The predicted octanol–water partition coefficient (Wildman–Crippen LogP) is 6.75. The van der Waals surface area contributed by atoms with Gasteiger partial charge in [-0.05, 0) is 47.0 Å². The van der Waals surface area contributed by atoms with Crippen molar-refractivity contribution in [3.8, 4) is 5.75 Å². The molecule has 0 radical (unpaired) electrons. The topological polar surface area (TPSA) is 32.3 Å². The number of nitrogens with one attached hydrogen (secondary N) is 1. The van der Waals surface area contributed by atoms with Crippen LogP contribution < -0.4 is 5.32 Å². The first-order valence-electron chi connectivity index (χ1n) is 9.40. The Morgan fingerprint density at radius 2 is 1.43 bits per heavy atom. The van der Waals surface area contributed by atoms with Crippen LogP contribution in [0.15, 0.2) is 95.5 Å². The molecule has 0 aliphatic heterocycles. The fourth-order valence-corrected chi connectivity index (χ4v) is 3.94. The van der Waals surface area contributed by atoms with Crippen LogP contribution in [0.25, 0.3) is 10.8 Å². The Kier molecular flexibility index (Phi) is 5.47. The van der Waals surface area contributed by atoms with Crippen LogP contribution in [0, 0.1) is 0 Å². The summed E-state index contributed by atoms with van der Waals surface area (Å²) in [5.41, 5.74) is 3.23. The summed E-state index contributed by atoms with van der Waals surface area (Å²) in [6.07, 6.45) is 0. The first kappa shape index (κ1) is 18.7. The van der Waals surface area contributed by atoms with Crippen LogP contribution in [0.1, 0.15) is 35.7 Å². The Morgan fingerprint density at radius 1 is 0.750 bits per heavy atom. The molecule has 0 unspecified atom stereocenters. The number of phenolic OH excluding ortho intramolecular Hbond substituents is 1. The average molecular weight is 432 g/mol. The van der Waals surface area contributed by atoms with Crippen LogP contribution in [-0.2, 0) is 0 Å². The second kappa shape index (κ2) is 8.17. The molecule has 0 heterocycles. The van der Waals surface area contributed by atoms with Crippen molar-refractivity contribution in [1.29, 1.82) is 0 Å². The van der Waals surface area contributed by atoms with Gasteiger partial charge < -0.3 is 5.11 Å². The zero-order chi connectivity index (χ0) is 19.5. The molecule has 0 aromatic heterocycles. The molecule has 0 amide bonds. The fraction of sp³-hybridized carbons (Fsp3) is 0.120. The summed E-state index contributed by atoms with van der Waals surface area (Å²) in [5.74, 6) is 0.305. The fourth-order valence-electron chi connectivity index (χ4n) is 3.68. The number of hydrogen-bond acceptors (Lipinski definition) is 2. The quantitative estimate of drug-likeness (QED) is 0.366. The average Bonchev–Trinajstić information content (AvgIpc) is 2.73. The number of phenols is 1. The van der Waals surface area contributed by atoms with Gasteiger partial charge in [-0.1, -0.05) is 88.7 Å². The van der Waals surface area contributed by atoms with E-state index >= 15 is 0 Å². The normalized spacial score (nSPS) is 13.4. The zero-order valence-corrected chi connectivity index (χ0v) is 17.2. The molecule has 0 aliphatic rings. The molecule has 0 fully saturated rings. The number of hydrogen-bond donors (Lipinski definition) is 2. The highest BCUT2D eigenvalue weighted by molar-refractivity contribution is 9.10. The Morgan fingerprint density at radius 3 is 2.18 bits per heavy atom. The molecule has 3 heteroatoms. The highest BCUT2D eigenvalue weighted by Crippen LogP contribution is 2.37. The van der Waals surface area contributed by atoms with Crippen LogP contribution in [0.5, 0.6) is 5.75 Å². The summed E-state index contributed by atoms with van der Waals surface area (Å²) < 4.78 is 1.04. The van der Waals surface area contributed by atoms with Gasteiger partial charge >= 0.3 is 0 Å². The third-order valence-corrected chi connectivity index (χ3v) is 5.68. The van der Waals surface area contributed by atoms with E-state index in [0.717, 1.165) is 26.4 Å². The standard InChI is InChI=1S/C25H22BrNO/c1-17(18-7-3-2-4-8-18)27-25(20-11-14-21(26)15-12-20)24-22-10-6-5-9-19(22)13-16-23(24)28/h2-17,25,27-28H,1H3/t17-,25-/m0/s1. The van der Waals surface area contributed by atoms with Crippen molar-refractivity contribution >= 4 is 26.7 Å². The highest BCUT2D eigenvalue weighted by Gasteiger charge is 2.22. The largest absolute Gasteiger partial charge is 0.508 e. The molecule has 0 bridgehead atoms. The van der Waals surface area contributed by atoms with Crippen molar-refractivity contribution in [2.24, 2.45) is 0 Å². The minimum Gasteiger partial charge on any atom is -0.508 e. The highest BCUT2D eigenvalue weighted by atomic mass is 79.9. The molecular weight excluding hydrogens is 410 g/mol. The van der Waals surface area contributed by atoms with E-state index in [4.69, 9.17) is 0 Å². The summed E-state index contributed by atoms with van der Waals surface area (Å²) in [6, 6.07) is 30.6. The summed E-state index contributed by atoms with van der Waals surface area (Å²) in [6.45, 7) is 2.16. The van der Waals surface area contributed by atoms with Gasteiger partial charge in [-0.3, -0.25) is 5.32 Å². The molecule has 140 valence electrons. The van der Waals surface area contributed by atoms with E-state index in [-0.39, 0.29) is 12.1 Å². The molecule has 28 heavy (non-hydrogen) atoms. The van der Waals surface area contributed by atoms with Crippen molar-refractivity contribution in [1.82, 2.24) is 5.32 Å². The maximum atomic E-state index is 10.8. The number of aromatic hydroxyl groups is 1. The van der Waals surface area contributed by atoms with E-state index < -0.39 is 0 Å². The second-order valence-electron chi connectivity index (χ2n) is 7.00. The molecule has 0 spiro atoms. The first-order chi connectivity index (χ1) is 13.6. The second-order valence-corrected chi connectivity index (χ2v) is 7.92. The lowest BCUT2D eigenvalue weighted by molar-refractivity contribution is 0.449. The Balaban J connectivity index is 1.84. The van der Waals surface area contributed by atoms with E-state index in [1.54, 1.807) is 6.07 Å². The molecular formula is C25H22BrNO. The predicted molar refractivity (Wildman–Crippen MR) is 120 cm³/mol. The molecule has 0 saturated heterocycles. The van der Waals surface area contributed by atoms with Gasteiger partial charge in [-0.25, -0.2) is 0 Å². The third-order valence-electron chi connectivity index (χ3n) is 5.16. The Labute approximate surface area is 174 Å². The van der Waals surface area contributed by atoms with Gasteiger partial charge in [0.05, 0.1) is 6.04 Å². The third kappa shape index (κ3) is 3.82. The maximum absolute atomic E-state index is 10.8. The van der Waals surface area contributed by atoms with Crippen LogP contribution in [0.4, 0.5) is 0 Å². The summed E-state index contributed by atoms with van der Waals surface area (Å²) in [4.78, 5) is 0. The smallest absolute Gasteiger partial charge is 0.121 e. The van der Waals surface area contributed by atoms with Crippen LogP contribution in [-0.4, -0.2) is 5.11 Å². The van der Waals surface area contributed by atoms with Crippen molar-refractivity contribution in [2.75, 3.05) is 0 Å². The summed E-state index contributed by atoms with van der Waals surface area (Å²) in [7, 11) is 0. The molecule has 4 aromatic carbocycles. The first-order valence-corrected chi connectivity index (χ1v) is 10.2. The van der Waals surface area contributed by atoms with E-state index in [9.17, 15) is 5.11 Å². The van der Waals surface area contributed by atoms with Gasteiger partial charge in [-0.15, -0.1) is 0 Å². The molecule has 2 N–H and O–H groups in total.